The molecule has 30 heavy (non-hydrogen) atoms. The summed E-state index contributed by atoms with van der Waals surface area (Å²) in [5.41, 5.74) is 3.16. The molecule has 0 spiro atoms. The predicted molar refractivity (Wildman–Crippen MR) is 104 cm³/mol. The number of halogens is 2. The van der Waals surface area contributed by atoms with Gasteiger partial charge in [-0.05, 0) is 62.7 Å². The van der Waals surface area contributed by atoms with Crippen LogP contribution < -0.4 is 4.74 Å². The van der Waals surface area contributed by atoms with Crippen LogP contribution in [0.3, 0.4) is 0 Å². The molecular weight excluding hydrogens is 396 g/mol. The minimum absolute atomic E-state index is 0.00460. The number of carbonyl (C=O) groups excluding carboxylic acids is 1. The van der Waals surface area contributed by atoms with Gasteiger partial charge in [-0.25, -0.2) is 9.79 Å². The van der Waals surface area contributed by atoms with Crippen molar-refractivity contribution in [3.05, 3.63) is 70.4 Å². The molecule has 0 N–H and O–H groups in total. The Morgan fingerprint density at radius 2 is 1.87 bits per heavy atom. The second kappa shape index (κ2) is 7.58. The fourth-order valence-corrected chi connectivity index (χ4v) is 3.20. The van der Waals surface area contributed by atoms with Crippen LogP contribution in [0.2, 0.25) is 0 Å². The molecule has 2 aromatic heterocycles. The first kappa shape index (κ1) is 19.6. The van der Waals surface area contributed by atoms with E-state index in [1.807, 2.05) is 37.5 Å². The summed E-state index contributed by atoms with van der Waals surface area (Å²) in [6.45, 7) is 2.72. The van der Waals surface area contributed by atoms with Crippen molar-refractivity contribution in [2.24, 2.45) is 4.99 Å². The van der Waals surface area contributed by atoms with Gasteiger partial charge in [0, 0.05) is 23.0 Å². The van der Waals surface area contributed by atoms with Crippen LogP contribution in [0.5, 0.6) is 5.75 Å². The number of aromatic nitrogens is 2. The summed E-state index contributed by atoms with van der Waals surface area (Å²) >= 11 is 0. The maximum atomic E-state index is 12.3. The smallest absolute Gasteiger partial charge is 0.387 e. The van der Waals surface area contributed by atoms with Crippen LogP contribution >= 0.6 is 0 Å². The highest BCUT2D eigenvalue weighted by Crippen LogP contribution is 2.26. The van der Waals surface area contributed by atoms with Crippen LogP contribution in [0.4, 0.5) is 8.78 Å². The standard InChI is InChI=1S/C21H17F2N3O4/c1-11-8-15(13(3)26(11)18-9-12(2)30-25-18)10-17-20(27)29-19(24-17)14-4-6-16(7-5-14)28-21(22)23/h4-10,21H,1-3H3. The van der Waals surface area contributed by atoms with Crippen molar-refractivity contribution in [1.29, 1.82) is 0 Å². The maximum Gasteiger partial charge on any atom is 0.387 e. The summed E-state index contributed by atoms with van der Waals surface area (Å²) in [6, 6.07) is 9.42. The molecule has 7 nitrogen and oxygen atoms in total. The van der Waals surface area contributed by atoms with E-state index in [0.29, 0.717) is 17.1 Å². The lowest BCUT2D eigenvalue weighted by atomic mass is 10.2. The number of carbonyl (C=O) groups is 1. The van der Waals surface area contributed by atoms with Gasteiger partial charge in [-0.2, -0.15) is 8.78 Å². The number of benzene rings is 1. The molecule has 0 saturated heterocycles. The molecule has 0 fully saturated rings. The van der Waals surface area contributed by atoms with Gasteiger partial charge in [0.1, 0.15) is 11.5 Å². The Labute approximate surface area is 170 Å². The molecule has 0 bridgehead atoms. The number of cyclic esters (lactones) is 1. The maximum absolute atomic E-state index is 12.3. The molecule has 0 radical (unpaired) electrons. The number of aliphatic imine (C=N–C) groups is 1. The summed E-state index contributed by atoms with van der Waals surface area (Å²) in [7, 11) is 0. The average molecular weight is 413 g/mol. The van der Waals surface area contributed by atoms with Crippen molar-refractivity contribution >= 4 is 17.9 Å². The highest BCUT2D eigenvalue weighted by molar-refractivity contribution is 6.12. The van der Waals surface area contributed by atoms with Gasteiger partial charge < -0.3 is 14.0 Å². The van der Waals surface area contributed by atoms with Crippen LogP contribution in [0.1, 0.15) is 28.3 Å². The Hall–Kier alpha value is -3.75. The van der Waals surface area contributed by atoms with E-state index < -0.39 is 12.6 Å². The summed E-state index contributed by atoms with van der Waals surface area (Å²) in [4.78, 5) is 16.5. The molecule has 0 atom stereocenters. The molecular formula is C21H17F2N3O4. The lowest BCUT2D eigenvalue weighted by Crippen LogP contribution is -2.06. The van der Waals surface area contributed by atoms with Crippen LogP contribution in [0.15, 0.2) is 51.6 Å². The number of esters is 1. The first-order valence-electron chi connectivity index (χ1n) is 9.02. The number of hydrogen-bond acceptors (Lipinski definition) is 6. The second-order valence-electron chi connectivity index (χ2n) is 6.70. The van der Waals surface area contributed by atoms with Gasteiger partial charge in [0.05, 0.1) is 0 Å². The van der Waals surface area contributed by atoms with Gasteiger partial charge >= 0.3 is 12.6 Å². The van der Waals surface area contributed by atoms with Gasteiger partial charge in [0.2, 0.25) is 5.90 Å². The van der Waals surface area contributed by atoms with E-state index in [9.17, 15) is 13.6 Å². The summed E-state index contributed by atoms with van der Waals surface area (Å²) in [5, 5.41) is 4.04. The molecule has 0 aliphatic carbocycles. The molecule has 154 valence electrons. The van der Waals surface area contributed by atoms with Crippen molar-refractivity contribution in [2.45, 2.75) is 27.4 Å². The highest BCUT2D eigenvalue weighted by atomic mass is 19.3. The van der Waals surface area contributed by atoms with Gasteiger partial charge in [-0.1, -0.05) is 5.16 Å². The number of ether oxygens (including phenoxy) is 2. The third kappa shape index (κ3) is 3.73. The summed E-state index contributed by atoms with van der Waals surface area (Å²) in [5.74, 6) is 0.841. The van der Waals surface area contributed by atoms with E-state index in [1.165, 1.54) is 24.3 Å². The Morgan fingerprint density at radius 1 is 1.13 bits per heavy atom. The van der Waals surface area contributed by atoms with Crippen molar-refractivity contribution in [2.75, 3.05) is 0 Å². The zero-order valence-electron chi connectivity index (χ0n) is 16.3. The molecule has 3 aromatic rings. The Kier molecular flexibility index (Phi) is 4.94. The van der Waals surface area contributed by atoms with Crippen LogP contribution in [-0.4, -0.2) is 28.2 Å². The molecule has 0 amide bonds. The Balaban J connectivity index is 1.63. The molecule has 0 unspecified atom stereocenters. The van der Waals surface area contributed by atoms with Gasteiger partial charge in [0.15, 0.2) is 11.5 Å². The van der Waals surface area contributed by atoms with E-state index >= 15 is 0 Å². The first-order chi connectivity index (χ1) is 14.3. The lowest BCUT2D eigenvalue weighted by Gasteiger charge is -2.04. The fraction of sp³-hybridized carbons (Fsp3) is 0.190. The SMILES string of the molecule is Cc1cc(-n2c(C)cc(C=C3N=C(c4ccc(OC(F)F)cc4)OC3=O)c2C)no1. The molecule has 1 aliphatic heterocycles. The van der Waals surface area contributed by atoms with Crippen LogP contribution in [0, 0.1) is 20.8 Å². The quantitative estimate of drug-likeness (QED) is 0.459. The number of hydrogen-bond donors (Lipinski definition) is 0. The molecule has 1 aliphatic rings. The van der Waals surface area contributed by atoms with E-state index in [2.05, 4.69) is 14.9 Å². The zero-order valence-corrected chi connectivity index (χ0v) is 16.3. The number of alkyl halides is 2. The number of nitrogens with zero attached hydrogens (tertiary/aromatic N) is 3. The van der Waals surface area contributed by atoms with Crippen LogP contribution in [-0.2, 0) is 9.53 Å². The van der Waals surface area contributed by atoms with Crippen molar-refractivity contribution in [3.8, 4) is 11.6 Å². The Bertz CT molecular complexity index is 1170. The first-order valence-corrected chi connectivity index (χ1v) is 9.02. The lowest BCUT2D eigenvalue weighted by molar-refractivity contribution is -0.129. The largest absolute Gasteiger partial charge is 0.435 e. The second-order valence-corrected chi connectivity index (χ2v) is 6.70. The third-order valence-corrected chi connectivity index (χ3v) is 4.55. The van der Waals surface area contributed by atoms with E-state index in [-0.39, 0.29) is 17.3 Å². The average Bonchev–Trinajstić information content (AvgIpc) is 3.34. The molecule has 4 rings (SSSR count). The topological polar surface area (TPSA) is 78.9 Å². The molecule has 3 heterocycles. The third-order valence-electron chi connectivity index (χ3n) is 4.55. The zero-order chi connectivity index (χ0) is 21.4. The van der Waals surface area contributed by atoms with Gasteiger partial charge in [-0.3, -0.25) is 4.57 Å². The van der Waals surface area contributed by atoms with Crippen molar-refractivity contribution in [3.63, 3.8) is 0 Å². The molecule has 9 heteroatoms. The summed E-state index contributed by atoms with van der Waals surface area (Å²) < 4.78 is 41.2. The minimum atomic E-state index is -2.91. The molecule has 1 aromatic carbocycles. The highest BCUT2D eigenvalue weighted by Gasteiger charge is 2.25. The Morgan fingerprint density at radius 3 is 2.50 bits per heavy atom. The van der Waals surface area contributed by atoms with Gasteiger partial charge in [0.25, 0.3) is 0 Å². The minimum Gasteiger partial charge on any atom is -0.435 e. The normalized spacial score (nSPS) is 15.1. The van der Waals surface area contributed by atoms with Crippen LogP contribution in [0.25, 0.3) is 11.9 Å². The fourth-order valence-electron chi connectivity index (χ4n) is 3.20. The van der Waals surface area contributed by atoms with Crippen molar-refractivity contribution in [1.82, 2.24) is 9.72 Å². The number of aryl methyl sites for hydroxylation is 2. The van der Waals surface area contributed by atoms with Gasteiger partial charge in [-0.15, -0.1) is 0 Å². The van der Waals surface area contributed by atoms with Crippen molar-refractivity contribution < 1.29 is 27.6 Å². The monoisotopic (exact) mass is 413 g/mol. The summed E-state index contributed by atoms with van der Waals surface area (Å²) in [6.07, 6.45) is 1.63. The van der Waals surface area contributed by atoms with E-state index in [1.54, 1.807) is 6.08 Å². The predicted octanol–water partition coefficient (Wildman–Crippen LogP) is 4.34. The van der Waals surface area contributed by atoms with E-state index in [4.69, 9.17) is 9.26 Å². The van der Waals surface area contributed by atoms with E-state index in [0.717, 1.165) is 17.0 Å². The molecule has 0 saturated carbocycles. The number of rotatable bonds is 5.